The van der Waals surface area contributed by atoms with Gasteiger partial charge in [0.05, 0.1) is 24.5 Å². The second kappa shape index (κ2) is 7.58. The topological polar surface area (TPSA) is 67.4 Å². The van der Waals surface area contributed by atoms with Crippen LogP contribution in [0.5, 0.6) is 0 Å². The maximum absolute atomic E-state index is 13.8. The van der Waals surface area contributed by atoms with E-state index in [-0.39, 0.29) is 17.7 Å². The second-order valence-electron chi connectivity index (χ2n) is 8.26. The molecule has 0 fully saturated rings. The summed E-state index contributed by atoms with van der Waals surface area (Å²) < 4.78 is 4.99. The lowest BCUT2D eigenvalue weighted by Crippen LogP contribution is -2.39. The van der Waals surface area contributed by atoms with Crippen LogP contribution in [0.15, 0.2) is 78.0 Å². The third-order valence-corrected chi connectivity index (χ3v) is 6.36. The molecule has 1 aliphatic heterocycles. The van der Waals surface area contributed by atoms with Crippen molar-refractivity contribution in [1.82, 2.24) is 0 Å². The third kappa shape index (κ3) is 3.17. The van der Waals surface area contributed by atoms with Crippen LogP contribution < -0.4 is 10.6 Å². The number of hydrogen-bond donors (Lipinski definition) is 2. The van der Waals surface area contributed by atoms with Gasteiger partial charge in [0.25, 0.3) is 0 Å². The Morgan fingerprint density at radius 1 is 0.968 bits per heavy atom. The Bertz CT molecular complexity index is 1220. The van der Waals surface area contributed by atoms with Crippen molar-refractivity contribution >= 4 is 33.9 Å². The van der Waals surface area contributed by atoms with Gasteiger partial charge in [0.15, 0.2) is 5.78 Å². The van der Waals surface area contributed by atoms with Gasteiger partial charge in [0, 0.05) is 11.3 Å². The first-order chi connectivity index (χ1) is 15.1. The van der Waals surface area contributed by atoms with Crippen molar-refractivity contribution in [3.8, 4) is 0 Å². The Kier molecular flexibility index (Phi) is 4.74. The van der Waals surface area contributed by atoms with Crippen molar-refractivity contribution in [3.05, 3.63) is 83.6 Å². The minimum absolute atomic E-state index is 0.148. The Morgan fingerprint density at radius 3 is 2.48 bits per heavy atom. The Labute approximate surface area is 181 Å². The van der Waals surface area contributed by atoms with Crippen LogP contribution in [0, 0.1) is 11.8 Å². The average molecular weight is 412 g/mol. The van der Waals surface area contributed by atoms with Crippen molar-refractivity contribution in [2.45, 2.75) is 19.4 Å². The minimum Gasteiger partial charge on any atom is -0.468 e. The number of carbonyl (C=O) groups is 2. The molecule has 5 heteroatoms. The van der Waals surface area contributed by atoms with E-state index in [0.717, 1.165) is 33.4 Å². The van der Waals surface area contributed by atoms with Crippen LogP contribution in [0.2, 0.25) is 0 Å². The molecule has 5 nitrogen and oxygen atoms in total. The van der Waals surface area contributed by atoms with E-state index in [9.17, 15) is 9.59 Å². The smallest absolute Gasteiger partial charge is 0.316 e. The van der Waals surface area contributed by atoms with Crippen LogP contribution in [0.3, 0.4) is 0 Å². The number of ether oxygens (including phenoxy) is 1. The minimum atomic E-state index is -0.800. The number of esters is 1. The van der Waals surface area contributed by atoms with Gasteiger partial charge in [-0.05, 0) is 40.8 Å². The molecule has 0 saturated carbocycles. The van der Waals surface area contributed by atoms with Gasteiger partial charge in [-0.1, -0.05) is 61.5 Å². The fourth-order valence-corrected chi connectivity index (χ4v) is 4.87. The zero-order chi connectivity index (χ0) is 21.5. The number of hydrogen-bond acceptors (Lipinski definition) is 5. The van der Waals surface area contributed by atoms with Crippen molar-refractivity contribution in [3.63, 3.8) is 0 Å². The van der Waals surface area contributed by atoms with Gasteiger partial charge in [-0.2, -0.15) is 0 Å². The van der Waals surface area contributed by atoms with Crippen LogP contribution in [0.4, 0.5) is 11.4 Å². The molecule has 0 radical (unpaired) electrons. The van der Waals surface area contributed by atoms with Gasteiger partial charge >= 0.3 is 5.97 Å². The maximum Gasteiger partial charge on any atom is 0.316 e. The highest BCUT2D eigenvalue weighted by Gasteiger charge is 2.44. The molecule has 1 aliphatic carbocycles. The predicted molar refractivity (Wildman–Crippen MR) is 122 cm³/mol. The van der Waals surface area contributed by atoms with Crippen molar-refractivity contribution < 1.29 is 14.3 Å². The van der Waals surface area contributed by atoms with E-state index < -0.39 is 11.9 Å². The summed E-state index contributed by atoms with van der Waals surface area (Å²) in [5, 5.41) is 9.27. The molecular weight excluding hydrogens is 388 g/mol. The molecule has 0 unspecified atom stereocenters. The van der Waals surface area contributed by atoms with Crippen molar-refractivity contribution in [2.24, 2.45) is 11.8 Å². The molecule has 3 aromatic carbocycles. The van der Waals surface area contributed by atoms with E-state index in [2.05, 4.69) is 34.9 Å². The zero-order valence-electron chi connectivity index (χ0n) is 17.5. The van der Waals surface area contributed by atoms with Crippen LogP contribution >= 0.6 is 0 Å². The molecule has 0 amide bonds. The first kappa shape index (κ1) is 19.4. The number of anilines is 2. The number of benzene rings is 3. The third-order valence-electron chi connectivity index (χ3n) is 6.36. The Hall–Kier alpha value is -3.60. The van der Waals surface area contributed by atoms with Crippen LogP contribution in [0.1, 0.15) is 24.9 Å². The summed E-state index contributed by atoms with van der Waals surface area (Å²) in [5.41, 5.74) is 4.34. The van der Waals surface area contributed by atoms with Gasteiger partial charge in [-0.25, -0.2) is 0 Å². The van der Waals surface area contributed by atoms with E-state index in [1.165, 1.54) is 7.11 Å². The number of carbonyl (C=O) groups excluding carboxylic acids is 2. The second-order valence-corrected chi connectivity index (χ2v) is 8.26. The highest BCUT2D eigenvalue weighted by Crippen LogP contribution is 2.44. The van der Waals surface area contributed by atoms with Gasteiger partial charge in [0.2, 0.25) is 0 Å². The highest BCUT2D eigenvalue weighted by molar-refractivity contribution is 6.12. The standard InChI is InChI=1S/C26H24N2O3/c1-15-14-21-23(25(29)22(15)26(30)31-2)24(28-20-13-6-5-12-19(20)27-21)18-11-7-9-16-8-3-4-10-17(16)18/h3-13,15,22,24,27-28H,14H2,1-2H3/t15-,22+,24+/m0/s1. The monoisotopic (exact) mass is 412 g/mol. The molecule has 0 saturated heterocycles. The predicted octanol–water partition coefficient (Wildman–Crippen LogP) is 5.07. The maximum atomic E-state index is 13.8. The lowest BCUT2D eigenvalue weighted by Gasteiger charge is -2.32. The van der Waals surface area contributed by atoms with Crippen molar-refractivity contribution in [1.29, 1.82) is 0 Å². The van der Waals surface area contributed by atoms with E-state index in [0.29, 0.717) is 12.0 Å². The summed E-state index contributed by atoms with van der Waals surface area (Å²) in [4.78, 5) is 26.3. The molecule has 1 heterocycles. The fourth-order valence-electron chi connectivity index (χ4n) is 4.87. The lowest BCUT2D eigenvalue weighted by molar-refractivity contribution is -0.151. The molecule has 5 rings (SSSR count). The molecule has 31 heavy (non-hydrogen) atoms. The molecule has 0 spiro atoms. The largest absolute Gasteiger partial charge is 0.468 e. The molecule has 156 valence electrons. The number of fused-ring (bicyclic) bond motifs is 2. The first-order valence-corrected chi connectivity index (χ1v) is 10.5. The summed E-state index contributed by atoms with van der Waals surface area (Å²) in [6.45, 7) is 1.93. The normalized spacial score (nSPS) is 22.6. The quantitative estimate of drug-likeness (QED) is 0.454. The summed E-state index contributed by atoms with van der Waals surface area (Å²) in [5.74, 6) is -1.59. The van der Waals surface area contributed by atoms with E-state index >= 15 is 0 Å². The van der Waals surface area contributed by atoms with Crippen molar-refractivity contribution in [2.75, 3.05) is 17.7 Å². The molecular formula is C26H24N2O3. The highest BCUT2D eigenvalue weighted by atomic mass is 16.5. The first-order valence-electron chi connectivity index (χ1n) is 10.5. The summed E-state index contributed by atoms with van der Waals surface area (Å²) in [6, 6.07) is 21.9. The molecule has 2 N–H and O–H groups in total. The number of rotatable bonds is 2. The van der Waals surface area contributed by atoms with E-state index in [4.69, 9.17) is 4.74 Å². The SMILES string of the molecule is COC(=O)[C@H]1C(=O)C2=C(C[C@@H]1C)Nc1ccccc1N[C@@H]2c1cccc2ccccc12. The zero-order valence-corrected chi connectivity index (χ0v) is 17.5. The summed E-state index contributed by atoms with van der Waals surface area (Å²) in [6.07, 6.45) is 0.595. The summed E-state index contributed by atoms with van der Waals surface area (Å²) in [7, 11) is 1.34. The fraction of sp³-hybridized carbons (Fsp3) is 0.231. The van der Waals surface area contributed by atoms with Crippen LogP contribution in [0.25, 0.3) is 10.8 Å². The Balaban J connectivity index is 1.74. The number of allylic oxidation sites excluding steroid dienone is 1. The number of Topliss-reactive ketones (excluding diaryl/α,β-unsaturated/α-hetero) is 1. The number of methoxy groups -OCH3 is 1. The molecule has 0 bridgehead atoms. The van der Waals surface area contributed by atoms with Crippen LogP contribution in [-0.4, -0.2) is 18.9 Å². The number of ketones is 1. The van der Waals surface area contributed by atoms with Gasteiger partial charge in [-0.3, -0.25) is 9.59 Å². The van der Waals surface area contributed by atoms with Gasteiger partial charge < -0.3 is 15.4 Å². The molecule has 0 aromatic heterocycles. The lowest BCUT2D eigenvalue weighted by atomic mass is 9.74. The molecule has 3 aromatic rings. The Morgan fingerprint density at radius 2 is 1.68 bits per heavy atom. The van der Waals surface area contributed by atoms with Gasteiger partial charge in [-0.15, -0.1) is 0 Å². The average Bonchev–Trinajstić information content (AvgIpc) is 2.95. The number of para-hydroxylation sites is 2. The van der Waals surface area contributed by atoms with E-state index in [1.54, 1.807) is 0 Å². The molecule has 3 atom stereocenters. The van der Waals surface area contributed by atoms with Gasteiger partial charge in [0.1, 0.15) is 5.92 Å². The number of nitrogens with one attached hydrogen (secondary N) is 2. The van der Waals surface area contributed by atoms with E-state index in [1.807, 2.05) is 49.4 Å². The van der Waals surface area contributed by atoms with Crippen LogP contribution in [-0.2, 0) is 14.3 Å². The molecule has 2 aliphatic rings. The summed E-state index contributed by atoms with van der Waals surface area (Å²) >= 11 is 0.